The van der Waals surface area contributed by atoms with E-state index in [1.165, 1.54) is 11.2 Å². The Hall–Kier alpha value is -4.26. The molecule has 1 atom stereocenters. The molecule has 0 radical (unpaired) electrons. The summed E-state index contributed by atoms with van der Waals surface area (Å²) in [6.07, 6.45) is 1.51. The van der Waals surface area contributed by atoms with Gasteiger partial charge in [0.1, 0.15) is 17.1 Å². The van der Waals surface area contributed by atoms with Crippen molar-refractivity contribution in [3.05, 3.63) is 101 Å². The highest BCUT2D eigenvalue weighted by Gasteiger charge is 2.44. The summed E-state index contributed by atoms with van der Waals surface area (Å²) >= 11 is 0. The van der Waals surface area contributed by atoms with Gasteiger partial charge in [0, 0.05) is 5.39 Å². The van der Waals surface area contributed by atoms with Crippen molar-refractivity contribution in [2.24, 2.45) is 0 Å². The van der Waals surface area contributed by atoms with Crippen LogP contribution in [0, 0.1) is 0 Å². The molecule has 0 bridgehead atoms. The number of aliphatic hydroxyl groups excluding tert-OH is 1. The number of amides is 1. The third-order valence-electron chi connectivity index (χ3n) is 5.54. The number of hydrogen-bond acceptors (Lipinski definition) is 6. The van der Waals surface area contributed by atoms with Crippen molar-refractivity contribution in [1.29, 1.82) is 0 Å². The number of aliphatic hydroxyl groups is 1. The highest BCUT2D eigenvalue weighted by Crippen LogP contribution is 2.41. The number of methoxy groups -OCH3 is 1. The van der Waals surface area contributed by atoms with Crippen LogP contribution in [0.1, 0.15) is 27.9 Å². The summed E-state index contributed by atoms with van der Waals surface area (Å²) < 4.78 is 16.4. The number of Topliss-reactive ketones (excluding diaryl/α,β-unsaturated/α-hetero) is 1. The van der Waals surface area contributed by atoms with E-state index in [0.717, 1.165) is 5.39 Å². The summed E-state index contributed by atoms with van der Waals surface area (Å²) in [4.78, 5) is 27.9. The maximum Gasteiger partial charge on any atom is 0.290 e. The van der Waals surface area contributed by atoms with Crippen molar-refractivity contribution in [2.45, 2.75) is 12.6 Å². The third kappa shape index (κ3) is 3.24. The molecule has 1 aliphatic heterocycles. The molecule has 2 aromatic carbocycles. The largest absolute Gasteiger partial charge is 0.503 e. The Labute approximate surface area is 183 Å². The van der Waals surface area contributed by atoms with Crippen LogP contribution in [0.4, 0.5) is 0 Å². The standard InChI is InChI=1S/C25H19NO6/c1-30-17-10-8-15(9-11-17)22-21(23(27)20-13-16-5-2-3-7-19(16)32-20)24(28)25(29)26(22)14-18-6-4-12-31-18/h2-13,22,28H,14H2,1H3. The highest BCUT2D eigenvalue weighted by molar-refractivity contribution is 6.16. The Morgan fingerprint density at radius 1 is 1.09 bits per heavy atom. The molecule has 7 heteroatoms. The first-order valence-corrected chi connectivity index (χ1v) is 10.0. The van der Waals surface area contributed by atoms with Gasteiger partial charge in [0.25, 0.3) is 5.91 Å². The Bertz CT molecular complexity index is 1300. The van der Waals surface area contributed by atoms with Crippen LogP contribution >= 0.6 is 0 Å². The van der Waals surface area contributed by atoms with Gasteiger partial charge in [0.15, 0.2) is 11.5 Å². The third-order valence-corrected chi connectivity index (χ3v) is 5.54. The maximum atomic E-state index is 13.5. The van der Waals surface area contributed by atoms with E-state index < -0.39 is 23.5 Å². The monoisotopic (exact) mass is 429 g/mol. The summed E-state index contributed by atoms with van der Waals surface area (Å²) in [5, 5.41) is 11.5. The summed E-state index contributed by atoms with van der Waals surface area (Å²) in [6.45, 7) is 0.0868. The van der Waals surface area contributed by atoms with Crippen LogP contribution in [0.2, 0.25) is 0 Å². The van der Waals surface area contributed by atoms with Crippen molar-refractivity contribution >= 4 is 22.7 Å². The Morgan fingerprint density at radius 3 is 2.56 bits per heavy atom. The molecule has 4 aromatic rings. The molecule has 5 rings (SSSR count). The predicted octanol–water partition coefficient (Wildman–Crippen LogP) is 4.81. The summed E-state index contributed by atoms with van der Waals surface area (Å²) in [6, 6.07) is 18.5. The molecule has 0 aliphatic carbocycles. The molecule has 3 heterocycles. The van der Waals surface area contributed by atoms with Gasteiger partial charge >= 0.3 is 0 Å². The van der Waals surface area contributed by atoms with Gasteiger partial charge in [-0.1, -0.05) is 30.3 Å². The maximum absolute atomic E-state index is 13.5. The second kappa shape index (κ2) is 7.77. The lowest BCUT2D eigenvalue weighted by atomic mass is 9.95. The Balaban J connectivity index is 1.60. The van der Waals surface area contributed by atoms with Gasteiger partial charge in [-0.3, -0.25) is 9.59 Å². The Kier molecular flexibility index (Phi) is 4.78. The number of fused-ring (bicyclic) bond motifs is 1. The predicted molar refractivity (Wildman–Crippen MR) is 115 cm³/mol. The summed E-state index contributed by atoms with van der Waals surface area (Å²) in [5.74, 6) is -0.575. The van der Waals surface area contributed by atoms with Crippen molar-refractivity contribution in [1.82, 2.24) is 4.90 Å². The smallest absolute Gasteiger partial charge is 0.290 e. The number of ketones is 1. The first kappa shape index (κ1) is 19.7. The molecular formula is C25H19NO6. The van der Waals surface area contributed by atoms with Crippen LogP contribution in [0.3, 0.4) is 0 Å². The van der Waals surface area contributed by atoms with Crippen LogP contribution in [-0.4, -0.2) is 28.8 Å². The van der Waals surface area contributed by atoms with E-state index in [4.69, 9.17) is 13.6 Å². The lowest BCUT2D eigenvalue weighted by Gasteiger charge is -2.26. The highest BCUT2D eigenvalue weighted by atomic mass is 16.5. The van der Waals surface area contributed by atoms with Crippen LogP contribution in [-0.2, 0) is 11.3 Å². The number of carbonyl (C=O) groups is 2. The average molecular weight is 429 g/mol. The van der Waals surface area contributed by atoms with Gasteiger partial charge in [0.05, 0.1) is 31.5 Å². The topological polar surface area (TPSA) is 93.1 Å². The first-order valence-electron chi connectivity index (χ1n) is 10.0. The second-order valence-corrected chi connectivity index (χ2v) is 7.43. The lowest BCUT2D eigenvalue weighted by molar-refractivity contribution is -0.130. The van der Waals surface area contributed by atoms with E-state index in [1.54, 1.807) is 61.7 Å². The van der Waals surface area contributed by atoms with Gasteiger partial charge in [-0.15, -0.1) is 0 Å². The minimum Gasteiger partial charge on any atom is -0.503 e. The first-order chi connectivity index (χ1) is 15.6. The molecule has 0 spiro atoms. The van der Waals surface area contributed by atoms with Gasteiger partial charge in [-0.25, -0.2) is 0 Å². The van der Waals surface area contributed by atoms with Crippen LogP contribution in [0.15, 0.2) is 93.2 Å². The second-order valence-electron chi connectivity index (χ2n) is 7.43. The molecule has 1 amide bonds. The molecule has 0 saturated carbocycles. The van der Waals surface area contributed by atoms with Crippen molar-refractivity contribution < 1.29 is 28.3 Å². The number of carbonyl (C=O) groups excluding carboxylic acids is 2. The summed E-state index contributed by atoms with van der Waals surface area (Å²) in [7, 11) is 1.56. The van der Waals surface area contributed by atoms with E-state index in [1.807, 2.05) is 12.1 Å². The van der Waals surface area contributed by atoms with E-state index in [9.17, 15) is 14.7 Å². The number of hydrogen-bond donors (Lipinski definition) is 1. The molecule has 7 nitrogen and oxygen atoms in total. The zero-order valence-electron chi connectivity index (χ0n) is 17.1. The minimum atomic E-state index is -0.820. The normalized spacial score (nSPS) is 16.2. The SMILES string of the molecule is COc1ccc(C2C(C(=O)c3cc4ccccc4o3)=C(O)C(=O)N2Cc2ccco2)cc1. The Morgan fingerprint density at radius 2 is 1.88 bits per heavy atom. The van der Waals surface area contributed by atoms with Gasteiger partial charge in [-0.05, 0) is 42.0 Å². The summed E-state index contributed by atoms with van der Waals surface area (Å²) in [5.41, 5.74) is 1.16. The van der Waals surface area contributed by atoms with E-state index in [0.29, 0.717) is 22.7 Å². The van der Waals surface area contributed by atoms with Gasteiger partial charge in [-0.2, -0.15) is 0 Å². The fraction of sp³-hybridized carbons (Fsp3) is 0.120. The molecular weight excluding hydrogens is 410 g/mol. The number of benzene rings is 2. The van der Waals surface area contributed by atoms with Crippen molar-refractivity contribution in [3.63, 3.8) is 0 Å². The molecule has 1 unspecified atom stereocenters. The molecule has 1 N–H and O–H groups in total. The number of furan rings is 2. The van der Waals surface area contributed by atoms with Gasteiger partial charge in [0.2, 0.25) is 5.78 Å². The zero-order valence-corrected chi connectivity index (χ0v) is 17.1. The average Bonchev–Trinajstić information content (AvgIpc) is 3.54. The van der Waals surface area contributed by atoms with Crippen LogP contribution in [0.25, 0.3) is 11.0 Å². The van der Waals surface area contributed by atoms with E-state index >= 15 is 0 Å². The molecule has 0 saturated heterocycles. The molecule has 0 fully saturated rings. The molecule has 160 valence electrons. The quantitative estimate of drug-likeness (QED) is 0.442. The fourth-order valence-electron chi connectivity index (χ4n) is 3.98. The van der Waals surface area contributed by atoms with Crippen molar-refractivity contribution in [2.75, 3.05) is 7.11 Å². The molecule has 32 heavy (non-hydrogen) atoms. The van der Waals surface area contributed by atoms with E-state index in [2.05, 4.69) is 0 Å². The number of ether oxygens (including phenoxy) is 1. The minimum absolute atomic E-state index is 0.0363. The lowest BCUT2D eigenvalue weighted by Crippen LogP contribution is -2.30. The van der Waals surface area contributed by atoms with Crippen LogP contribution in [0.5, 0.6) is 5.75 Å². The van der Waals surface area contributed by atoms with Crippen molar-refractivity contribution in [3.8, 4) is 5.75 Å². The number of para-hydroxylation sites is 1. The van der Waals surface area contributed by atoms with Gasteiger partial charge < -0.3 is 23.6 Å². The molecule has 1 aliphatic rings. The van der Waals surface area contributed by atoms with E-state index in [-0.39, 0.29) is 17.9 Å². The zero-order chi connectivity index (χ0) is 22.2. The fourth-order valence-corrected chi connectivity index (χ4v) is 3.98. The molecule has 2 aromatic heterocycles. The number of nitrogens with zero attached hydrogens (tertiary/aromatic N) is 1. The van der Waals surface area contributed by atoms with Crippen LogP contribution < -0.4 is 4.74 Å². The number of rotatable bonds is 6.